The highest BCUT2D eigenvalue weighted by Gasteiger charge is 2.12. The van der Waals surface area contributed by atoms with E-state index in [1.807, 2.05) is 0 Å². The van der Waals surface area contributed by atoms with E-state index in [1.165, 1.54) is 31.2 Å². The third-order valence-electron chi connectivity index (χ3n) is 1.89. The highest BCUT2D eigenvalue weighted by atomic mass is 35.5. The molecule has 0 heterocycles. The molecule has 6 heteroatoms. The molecule has 0 fully saturated rings. The summed E-state index contributed by atoms with van der Waals surface area (Å²) in [5, 5.41) is 0.475. The first kappa shape index (κ1) is 13.2. The van der Waals surface area contributed by atoms with Gasteiger partial charge in [0.2, 0.25) is 10.0 Å². The monoisotopic (exact) mass is 261 g/mol. The first-order valence-corrected chi connectivity index (χ1v) is 6.52. The van der Waals surface area contributed by atoms with Crippen LogP contribution in [-0.4, -0.2) is 20.7 Å². The molecule has 1 N–H and O–H groups in total. The van der Waals surface area contributed by atoms with Crippen LogP contribution in [0.4, 0.5) is 0 Å². The number of rotatable bonds is 5. The van der Waals surface area contributed by atoms with Crippen LogP contribution in [0.3, 0.4) is 0 Å². The third-order valence-corrected chi connectivity index (χ3v) is 3.62. The van der Waals surface area contributed by atoms with Gasteiger partial charge in [0.05, 0.1) is 4.90 Å². The van der Waals surface area contributed by atoms with Gasteiger partial charge in [-0.15, -0.1) is 0 Å². The molecule has 0 saturated heterocycles. The number of ketones is 1. The molecule has 16 heavy (non-hydrogen) atoms. The smallest absolute Gasteiger partial charge is 0.240 e. The minimum atomic E-state index is -3.53. The predicted octanol–water partition coefficient (Wildman–Crippen LogP) is 1.60. The van der Waals surface area contributed by atoms with Gasteiger partial charge in [-0.2, -0.15) is 0 Å². The summed E-state index contributed by atoms with van der Waals surface area (Å²) in [6.07, 6.45) is 0.187. The molecule has 0 saturated carbocycles. The van der Waals surface area contributed by atoms with Crippen molar-refractivity contribution < 1.29 is 13.2 Å². The van der Waals surface area contributed by atoms with Crippen LogP contribution in [0.2, 0.25) is 5.02 Å². The van der Waals surface area contributed by atoms with Gasteiger partial charge in [0.15, 0.2) is 0 Å². The number of hydrogen-bond donors (Lipinski definition) is 1. The zero-order valence-corrected chi connectivity index (χ0v) is 10.3. The van der Waals surface area contributed by atoms with Crippen molar-refractivity contribution in [3.05, 3.63) is 29.3 Å². The summed E-state index contributed by atoms with van der Waals surface area (Å²) < 4.78 is 25.7. The Morgan fingerprint density at radius 1 is 1.31 bits per heavy atom. The Labute approximate surface area is 99.7 Å². The molecule has 4 nitrogen and oxygen atoms in total. The molecule has 0 radical (unpaired) electrons. The predicted molar refractivity (Wildman–Crippen MR) is 61.9 cm³/mol. The van der Waals surface area contributed by atoms with Crippen molar-refractivity contribution >= 4 is 27.4 Å². The molecule has 0 aliphatic heterocycles. The maximum Gasteiger partial charge on any atom is 0.240 e. The van der Waals surface area contributed by atoms with E-state index in [0.29, 0.717) is 5.02 Å². The second-order valence-corrected chi connectivity index (χ2v) is 5.51. The summed E-state index contributed by atoms with van der Waals surface area (Å²) in [5.74, 6) is -0.0567. The minimum absolute atomic E-state index is 0.0567. The molecule has 0 aliphatic rings. The van der Waals surface area contributed by atoms with Gasteiger partial charge in [-0.3, -0.25) is 4.79 Å². The molecule has 0 aliphatic carbocycles. The van der Waals surface area contributed by atoms with Crippen molar-refractivity contribution in [3.8, 4) is 0 Å². The fourth-order valence-electron chi connectivity index (χ4n) is 1.06. The first-order valence-electron chi connectivity index (χ1n) is 4.66. The van der Waals surface area contributed by atoms with Crippen LogP contribution < -0.4 is 4.72 Å². The summed E-state index contributed by atoms with van der Waals surface area (Å²) in [5.41, 5.74) is 0. The molecule has 0 bridgehead atoms. The Morgan fingerprint density at radius 2 is 1.88 bits per heavy atom. The average molecular weight is 262 g/mol. The Hall–Kier alpha value is -0.910. The molecule has 0 unspecified atom stereocenters. The number of sulfonamides is 1. The number of halogens is 1. The zero-order chi connectivity index (χ0) is 12.2. The van der Waals surface area contributed by atoms with Gasteiger partial charge in [0.1, 0.15) is 5.78 Å². The highest BCUT2D eigenvalue weighted by molar-refractivity contribution is 7.89. The van der Waals surface area contributed by atoms with Crippen molar-refractivity contribution in [2.24, 2.45) is 0 Å². The van der Waals surface area contributed by atoms with E-state index in [9.17, 15) is 13.2 Å². The standard InChI is InChI=1S/C10H12ClNO3S/c1-8(13)6-7-12-16(14,15)10-4-2-9(11)3-5-10/h2-5,12H,6-7H2,1H3. The maximum atomic E-state index is 11.7. The summed E-state index contributed by atoms with van der Waals surface area (Å²) in [7, 11) is -3.53. The van der Waals surface area contributed by atoms with Crippen LogP contribution in [0.25, 0.3) is 0 Å². The van der Waals surface area contributed by atoms with Gasteiger partial charge in [0, 0.05) is 18.0 Å². The van der Waals surface area contributed by atoms with Crippen LogP contribution in [0.15, 0.2) is 29.2 Å². The lowest BCUT2D eigenvalue weighted by Gasteiger charge is -2.05. The Morgan fingerprint density at radius 3 is 2.38 bits per heavy atom. The normalized spacial score (nSPS) is 11.4. The summed E-state index contributed by atoms with van der Waals surface area (Å²) in [6.45, 7) is 1.52. The third kappa shape index (κ3) is 3.92. The van der Waals surface area contributed by atoms with E-state index < -0.39 is 10.0 Å². The lowest BCUT2D eigenvalue weighted by molar-refractivity contribution is -0.116. The first-order chi connectivity index (χ1) is 7.42. The highest BCUT2D eigenvalue weighted by Crippen LogP contribution is 2.13. The lowest BCUT2D eigenvalue weighted by Crippen LogP contribution is -2.25. The van der Waals surface area contributed by atoms with Gasteiger partial charge >= 0.3 is 0 Å². The second-order valence-electron chi connectivity index (χ2n) is 3.30. The van der Waals surface area contributed by atoms with E-state index in [2.05, 4.69) is 4.72 Å². The van der Waals surface area contributed by atoms with E-state index in [0.717, 1.165) is 0 Å². The molecule has 88 valence electrons. The van der Waals surface area contributed by atoms with Crippen LogP contribution in [0.1, 0.15) is 13.3 Å². The van der Waals surface area contributed by atoms with Crippen LogP contribution in [0.5, 0.6) is 0 Å². The van der Waals surface area contributed by atoms with Crippen LogP contribution in [-0.2, 0) is 14.8 Å². The number of nitrogens with one attached hydrogen (secondary N) is 1. The summed E-state index contributed by atoms with van der Waals surface area (Å²) in [6, 6.07) is 5.83. The van der Waals surface area contributed by atoms with Crippen molar-refractivity contribution in [2.75, 3.05) is 6.54 Å². The Balaban J connectivity index is 2.71. The Bertz CT molecular complexity index is 467. The van der Waals surface area contributed by atoms with Crippen molar-refractivity contribution in [2.45, 2.75) is 18.2 Å². The van der Waals surface area contributed by atoms with E-state index in [4.69, 9.17) is 11.6 Å². The van der Waals surface area contributed by atoms with Gasteiger partial charge < -0.3 is 0 Å². The quantitative estimate of drug-likeness (QED) is 0.876. The van der Waals surface area contributed by atoms with Gasteiger partial charge in [-0.05, 0) is 31.2 Å². The average Bonchev–Trinajstić information content (AvgIpc) is 2.17. The van der Waals surface area contributed by atoms with E-state index >= 15 is 0 Å². The lowest BCUT2D eigenvalue weighted by atomic mass is 10.3. The minimum Gasteiger partial charge on any atom is -0.300 e. The van der Waals surface area contributed by atoms with Crippen molar-refractivity contribution in [3.63, 3.8) is 0 Å². The number of hydrogen-bond acceptors (Lipinski definition) is 3. The van der Waals surface area contributed by atoms with Gasteiger partial charge in [0.25, 0.3) is 0 Å². The fraction of sp³-hybridized carbons (Fsp3) is 0.300. The van der Waals surface area contributed by atoms with Crippen molar-refractivity contribution in [1.82, 2.24) is 4.72 Å². The molecule has 0 amide bonds. The van der Waals surface area contributed by atoms with Gasteiger partial charge in [-0.25, -0.2) is 13.1 Å². The Kier molecular flexibility index (Phi) is 4.46. The maximum absolute atomic E-state index is 11.7. The van der Waals surface area contributed by atoms with Gasteiger partial charge in [-0.1, -0.05) is 11.6 Å². The zero-order valence-electron chi connectivity index (χ0n) is 8.73. The molecule has 0 aromatic heterocycles. The molecule has 0 atom stereocenters. The van der Waals surface area contributed by atoms with E-state index in [1.54, 1.807) is 0 Å². The fourth-order valence-corrected chi connectivity index (χ4v) is 2.22. The molecule has 1 aromatic carbocycles. The SMILES string of the molecule is CC(=O)CCNS(=O)(=O)c1ccc(Cl)cc1. The largest absolute Gasteiger partial charge is 0.300 e. The number of benzene rings is 1. The van der Waals surface area contributed by atoms with Crippen LogP contribution >= 0.6 is 11.6 Å². The second kappa shape index (κ2) is 5.43. The van der Waals surface area contributed by atoms with Crippen molar-refractivity contribution in [1.29, 1.82) is 0 Å². The molecule has 1 rings (SSSR count). The number of carbonyl (C=O) groups is 1. The molecule has 0 spiro atoms. The molecular weight excluding hydrogens is 250 g/mol. The van der Waals surface area contributed by atoms with Crippen LogP contribution in [0, 0.1) is 0 Å². The molecule has 1 aromatic rings. The summed E-state index contributed by atoms with van der Waals surface area (Å²) in [4.78, 5) is 10.8. The topological polar surface area (TPSA) is 63.2 Å². The number of carbonyl (C=O) groups excluding carboxylic acids is 1. The summed E-state index contributed by atoms with van der Waals surface area (Å²) >= 11 is 5.65. The molecular formula is C10H12ClNO3S. The number of Topliss-reactive ketones (excluding diaryl/α,β-unsaturated/α-hetero) is 1. The van der Waals surface area contributed by atoms with E-state index in [-0.39, 0.29) is 23.6 Å².